The number of hydrogen-bond acceptors (Lipinski definition) is 4. The van der Waals surface area contributed by atoms with Crippen LogP contribution in [0.25, 0.3) is 0 Å². The molecule has 152 valence electrons. The van der Waals surface area contributed by atoms with Crippen molar-refractivity contribution < 1.29 is 14.3 Å². The van der Waals surface area contributed by atoms with Gasteiger partial charge in [0.25, 0.3) is 0 Å². The van der Waals surface area contributed by atoms with Gasteiger partial charge in [-0.05, 0) is 62.3 Å². The number of hydrogen-bond donors (Lipinski definition) is 0. The number of nitrogens with zero attached hydrogens (tertiary/aromatic N) is 2. The molecule has 1 aromatic rings. The number of carbonyl (C=O) groups is 1. The topological polar surface area (TPSA) is 42.0 Å². The summed E-state index contributed by atoms with van der Waals surface area (Å²) in [6.45, 7) is 3.79. The minimum atomic E-state index is 0.0460. The van der Waals surface area contributed by atoms with Gasteiger partial charge in [-0.15, -0.1) is 0 Å². The van der Waals surface area contributed by atoms with Crippen LogP contribution in [-0.4, -0.2) is 60.6 Å². The first-order valence-electron chi connectivity index (χ1n) is 11.0. The zero-order chi connectivity index (χ0) is 19.1. The third-order valence-corrected chi connectivity index (χ3v) is 7.42. The molecule has 1 aliphatic carbocycles. The van der Waals surface area contributed by atoms with Crippen molar-refractivity contribution in [3.63, 3.8) is 0 Å². The van der Waals surface area contributed by atoms with Crippen molar-refractivity contribution in [1.29, 1.82) is 0 Å². The minimum Gasteiger partial charge on any atom is -0.493 e. The van der Waals surface area contributed by atoms with Gasteiger partial charge in [0.2, 0.25) is 5.91 Å². The molecular formula is C23H32N2O3. The fourth-order valence-electron chi connectivity index (χ4n) is 5.27. The third kappa shape index (κ3) is 3.49. The second kappa shape index (κ2) is 7.25. The molecule has 5 nitrogen and oxygen atoms in total. The average molecular weight is 385 g/mol. The summed E-state index contributed by atoms with van der Waals surface area (Å²) in [5.41, 5.74) is 1.31. The van der Waals surface area contributed by atoms with Crippen LogP contribution in [0.1, 0.15) is 50.5 Å². The van der Waals surface area contributed by atoms with E-state index in [4.69, 9.17) is 9.47 Å². The normalized spacial score (nSPS) is 27.4. The van der Waals surface area contributed by atoms with E-state index in [0.717, 1.165) is 49.8 Å². The van der Waals surface area contributed by atoms with Gasteiger partial charge in [-0.2, -0.15) is 0 Å². The largest absolute Gasteiger partial charge is 0.493 e. The van der Waals surface area contributed by atoms with Crippen molar-refractivity contribution in [2.24, 2.45) is 5.92 Å². The fourth-order valence-corrected chi connectivity index (χ4v) is 5.27. The van der Waals surface area contributed by atoms with E-state index in [1.807, 2.05) is 13.1 Å². The number of ether oxygens (including phenoxy) is 2. The van der Waals surface area contributed by atoms with Crippen molar-refractivity contribution in [3.8, 4) is 11.5 Å². The lowest BCUT2D eigenvalue weighted by Gasteiger charge is -2.48. The Morgan fingerprint density at radius 2 is 2.04 bits per heavy atom. The molecule has 1 amide bonds. The van der Waals surface area contributed by atoms with Gasteiger partial charge in [-0.25, -0.2) is 0 Å². The molecule has 1 saturated carbocycles. The molecule has 0 aromatic heterocycles. The molecule has 2 saturated heterocycles. The van der Waals surface area contributed by atoms with Gasteiger partial charge < -0.3 is 19.3 Å². The molecule has 28 heavy (non-hydrogen) atoms. The van der Waals surface area contributed by atoms with Gasteiger partial charge in [0.15, 0.2) is 0 Å². The van der Waals surface area contributed by atoms with Crippen LogP contribution in [0.2, 0.25) is 0 Å². The van der Waals surface area contributed by atoms with Gasteiger partial charge >= 0.3 is 0 Å². The van der Waals surface area contributed by atoms with Gasteiger partial charge in [0, 0.05) is 45.1 Å². The highest BCUT2D eigenvalue weighted by molar-refractivity contribution is 5.78. The zero-order valence-electron chi connectivity index (χ0n) is 17.0. The van der Waals surface area contributed by atoms with Crippen LogP contribution < -0.4 is 9.47 Å². The van der Waals surface area contributed by atoms with Crippen LogP contribution in [0.3, 0.4) is 0 Å². The van der Waals surface area contributed by atoms with E-state index in [2.05, 4.69) is 17.0 Å². The lowest BCUT2D eigenvalue weighted by Crippen LogP contribution is -2.53. The van der Waals surface area contributed by atoms with Crippen LogP contribution in [0.15, 0.2) is 18.2 Å². The molecule has 0 bridgehead atoms. The van der Waals surface area contributed by atoms with Gasteiger partial charge in [-0.3, -0.25) is 4.79 Å². The second-order valence-corrected chi connectivity index (χ2v) is 9.33. The SMILES string of the molecule is CN1CC(COc2ccc3c(c2)CCC2(CCN(C4CCC4)CC2)O3)CC1=O. The summed E-state index contributed by atoms with van der Waals surface area (Å²) >= 11 is 0. The highest BCUT2D eigenvalue weighted by Crippen LogP contribution is 2.41. The number of fused-ring (bicyclic) bond motifs is 1. The maximum absolute atomic E-state index is 11.7. The van der Waals surface area contributed by atoms with Crippen LogP contribution in [0, 0.1) is 5.92 Å². The van der Waals surface area contributed by atoms with Crippen LogP contribution in [0.5, 0.6) is 11.5 Å². The van der Waals surface area contributed by atoms with Crippen molar-refractivity contribution in [2.45, 2.75) is 63.0 Å². The molecular weight excluding hydrogens is 352 g/mol. The molecule has 1 unspecified atom stereocenters. The standard InChI is InChI=1S/C23H32N2O3/c1-24-15-17(13-22(24)26)16-27-20-5-6-21-18(14-20)7-8-23(28-21)9-11-25(12-10-23)19-3-2-4-19/h5-6,14,17,19H,2-4,7-13,15-16H2,1H3. The minimum absolute atomic E-state index is 0.0460. The molecule has 0 N–H and O–H groups in total. The molecule has 1 spiro atoms. The van der Waals surface area contributed by atoms with E-state index in [-0.39, 0.29) is 11.5 Å². The smallest absolute Gasteiger partial charge is 0.222 e. The van der Waals surface area contributed by atoms with Gasteiger partial charge in [0.1, 0.15) is 17.1 Å². The van der Waals surface area contributed by atoms with Crippen molar-refractivity contribution in [3.05, 3.63) is 23.8 Å². The molecule has 1 atom stereocenters. The second-order valence-electron chi connectivity index (χ2n) is 9.33. The predicted molar refractivity (Wildman–Crippen MR) is 108 cm³/mol. The van der Waals surface area contributed by atoms with Crippen LogP contribution in [-0.2, 0) is 11.2 Å². The number of rotatable bonds is 4. The summed E-state index contributed by atoms with van der Waals surface area (Å²) in [7, 11) is 1.87. The van der Waals surface area contributed by atoms with Crippen molar-refractivity contribution in [1.82, 2.24) is 9.80 Å². The first kappa shape index (κ1) is 18.3. The molecule has 3 aliphatic heterocycles. The van der Waals surface area contributed by atoms with Gasteiger partial charge in [-0.1, -0.05) is 6.42 Å². The zero-order valence-corrected chi connectivity index (χ0v) is 17.0. The number of likely N-dealkylation sites (tertiary alicyclic amines) is 2. The molecule has 5 rings (SSSR count). The lowest BCUT2D eigenvalue weighted by atomic mass is 9.81. The monoisotopic (exact) mass is 384 g/mol. The molecule has 3 fully saturated rings. The molecule has 3 heterocycles. The average Bonchev–Trinajstić information content (AvgIpc) is 2.98. The van der Waals surface area contributed by atoms with Crippen LogP contribution >= 0.6 is 0 Å². The number of carbonyl (C=O) groups excluding carboxylic acids is 1. The Kier molecular flexibility index (Phi) is 4.74. The quantitative estimate of drug-likeness (QED) is 0.799. The van der Waals surface area contributed by atoms with Crippen molar-refractivity contribution in [2.75, 3.05) is 33.3 Å². The molecule has 5 heteroatoms. The predicted octanol–water partition coefficient (Wildman–Crippen LogP) is 3.26. The Morgan fingerprint density at radius 3 is 2.71 bits per heavy atom. The molecule has 0 radical (unpaired) electrons. The number of benzene rings is 1. The molecule has 1 aromatic carbocycles. The first-order valence-corrected chi connectivity index (χ1v) is 11.0. The summed E-state index contributed by atoms with van der Waals surface area (Å²) < 4.78 is 12.6. The Bertz CT molecular complexity index is 737. The van der Waals surface area contributed by atoms with Crippen molar-refractivity contribution >= 4 is 5.91 Å². The lowest BCUT2D eigenvalue weighted by molar-refractivity contribution is -0.126. The van der Waals surface area contributed by atoms with Crippen LogP contribution in [0.4, 0.5) is 0 Å². The Balaban J connectivity index is 1.18. The molecule has 4 aliphatic rings. The maximum atomic E-state index is 11.7. The first-order chi connectivity index (χ1) is 13.6. The summed E-state index contributed by atoms with van der Waals surface area (Å²) in [4.78, 5) is 16.1. The Morgan fingerprint density at radius 1 is 1.21 bits per heavy atom. The van der Waals surface area contributed by atoms with Gasteiger partial charge in [0.05, 0.1) is 6.61 Å². The number of piperidine rings is 1. The van der Waals surface area contributed by atoms with E-state index < -0.39 is 0 Å². The summed E-state index contributed by atoms with van der Waals surface area (Å²) in [5.74, 6) is 2.47. The summed E-state index contributed by atoms with van der Waals surface area (Å²) in [6.07, 6.45) is 9.30. The Hall–Kier alpha value is -1.75. The fraction of sp³-hybridized carbons (Fsp3) is 0.696. The Labute approximate surface area is 168 Å². The van der Waals surface area contributed by atoms with E-state index >= 15 is 0 Å². The van der Waals surface area contributed by atoms with E-state index in [0.29, 0.717) is 18.9 Å². The van der Waals surface area contributed by atoms with E-state index in [1.165, 1.54) is 37.9 Å². The number of aryl methyl sites for hydroxylation is 1. The summed E-state index contributed by atoms with van der Waals surface area (Å²) in [5, 5.41) is 0. The maximum Gasteiger partial charge on any atom is 0.222 e. The number of amides is 1. The highest BCUT2D eigenvalue weighted by Gasteiger charge is 2.41. The summed E-state index contributed by atoms with van der Waals surface area (Å²) in [6, 6.07) is 7.12. The van der Waals surface area contributed by atoms with E-state index in [9.17, 15) is 4.79 Å². The van der Waals surface area contributed by atoms with E-state index in [1.54, 1.807) is 4.90 Å². The highest BCUT2D eigenvalue weighted by atomic mass is 16.5. The third-order valence-electron chi connectivity index (χ3n) is 7.42.